The summed E-state index contributed by atoms with van der Waals surface area (Å²) >= 11 is 0. The number of rotatable bonds is 4. The summed E-state index contributed by atoms with van der Waals surface area (Å²) in [7, 11) is 0. The van der Waals surface area contributed by atoms with E-state index in [1.165, 1.54) is 6.33 Å². The Morgan fingerprint density at radius 2 is 2.16 bits per heavy atom. The Morgan fingerprint density at radius 3 is 3.00 bits per heavy atom. The van der Waals surface area contributed by atoms with Crippen molar-refractivity contribution in [2.75, 3.05) is 5.43 Å². The molecule has 2 aromatic heterocycles. The van der Waals surface area contributed by atoms with E-state index < -0.39 is 0 Å². The minimum absolute atomic E-state index is 0.0985. The number of nitrogens with zero attached hydrogens (tertiary/aromatic N) is 5. The van der Waals surface area contributed by atoms with Crippen LogP contribution in [0.5, 0.6) is 0 Å². The van der Waals surface area contributed by atoms with E-state index >= 15 is 0 Å². The zero-order valence-electron chi connectivity index (χ0n) is 10.1. The van der Waals surface area contributed by atoms with Crippen molar-refractivity contribution in [2.45, 2.75) is 13.0 Å². The molecule has 0 aliphatic heterocycles. The molecule has 0 radical (unpaired) electrons. The highest BCUT2D eigenvalue weighted by molar-refractivity contribution is 5.86. The molecule has 0 saturated carbocycles. The van der Waals surface area contributed by atoms with E-state index in [4.69, 9.17) is 0 Å². The Morgan fingerprint density at radius 1 is 1.26 bits per heavy atom. The third kappa shape index (κ3) is 2.44. The standard InChI is InChI=1S/C12H12N6O/c19-12(5-6-17-8-13-7-15-17)16-18-9-14-10-3-1-2-4-11(10)18/h1-4,7-9H,5-6H2,(H,16,19). The Balaban J connectivity index is 1.66. The predicted octanol–water partition coefficient (Wildman–Crippen LogP) is 0.788. The summed E-state index contributed by atoms with van der Waals surface area (Å²) in [6.07, 6.45) is 4.95. The van der Waals surface area contributed by atoms with Crippen molar-refractivity contribution >= 4 is 16.9 Å². The first-order chi connectivity index (χ1) is 9.33. The van der Waals surface area contributed by atoms with E-state index in [0.717, 1.165) is 11.0 Å². The average molecular weight is 256 g/mol. The summed E-state index contributed by atoms with van der Waals surface area (Å²) < 4.78 is 3.24. The third-order valence-corrected chi connectivity index (χ3v) is 2.73. The summed E-state index contributed by atoms with van der Waals surface area (Å²) in [5.74, 6) is -0.0985. The zero-order valence-corrected chi connectivity index (χ0v) is 10.1. The molecule has 0 spiro atoms. The molecule has 3 aromatic rings. The molecular formula is C12H12N6O. The largest absolute Gasteiger partial charge is 0.273 e. The van der Waals surface area contributed by atoms with Gasteiger partial charge in [-0.2, -0.15) is 5.10 Å². The van der Waals surface area contributed by atoms with Gasteiger partial charge in [-0.05, 0) is 12.1 Å². The molecule has 19 heavy (non-hydrogen) atoms. The highest BCUT2D eigenvalue weighted by Crippen LogP contribution is 2.09. The number of benzene rings is 1. The number of para-hydroxylation sites is 2. The Hall–Kier alpha value is -2.70. The van der Waals surface area contributed by atoms with Crippen molar-refractivity contribution in [3.05, 3.63) is 43.2 Å². The van der Waals surface area contributed by atoms with Gasteiger partial charge in [0.15, 0.2) is 0 Å². The summed E-state index contributed by atoms with van der Waals surface area (Å²) in [6, 6.07) is 7.61. The number of aromatic nitrogens is 5. The van der Waals surface area contributed by atoms with Crippen molar-refractivity contribution in [3.63, 3.8) is 0 Å². The Bertz CT molecular complexity index is 687. The van der Waals surface area contributed by atoms with Crippen molar-refractivity contribution in [1.82, 2.24) is 24.4 Å². The van der Waals surface area contributed by atoms with Gasteiger partial charge >= 0.3 is 0 Å². The quantitative estimate of drug-likeness (QED) is 0.748. The second kappa shape index (κ2) is 4.89. The lowest BCUT2D eigenvalue weighted by Gasteiger charge is -2.06. The first kappa shape index (κ1) is 11.4. The van der Waals surface area contributed by atoms with Crippen LogP contribution in [0.4, 0.5) is 0 Å². The Kier molecular flexibility index (Phi) is 2.93. The first-order valence-electron chi connectivity index (χ1n) is 5.87. The number of aryl methyl sites for hydroxylation is 1. The minimum Gasteiger partial charge on any atom is -0.273 e. The molecule has 1 amide bonds. The fraction of sp³-hybridized carbons (Fsp3) is 0.167. The van der Waals surface area contributed by atoms with Crippen LogP contribution in [0.2, 0.25) is 0 Å². The predicted molar refractivity (Wildman–Crippen MR) is 68.7 cm³/mol. The molecule has 0 aliphatic carbocycles. The molecule has 0 unspecified atom stereocenters. The van der Waals surface area contributed by atoms with Gasteiger partial charge in [0.25, 0.3) is 0 Å². The molecule has 0 aliphatic rings. The minimum atomic E-state index is -0.0985. The smallest absolute Gasteiger partial charge is 0.240 e. The van der Waals surface area contributed by atoms with Crippen molar-refractivity contribution in [1.29, 1.82) is 0 Å². The van der Waals surface area contributed by atoms with E-state index in [1.54, 1.807) is 22.0 Å². The topological polar surface area (TPSA) is 77.6 Å². The Labute approximate surface area is 108 Å². The van der Waals surface area contributed by atoms with Gasteiger partial charge in [0.05, 0.1) is 17.6 Å². The number of hydrogen-bond donors (Lipinski definition) is 1. The number of amides is 1. The molecule has 0 atom stereocenters. The maximum atomic E-state index is 11.8. The number of carbonyl (C=O) groups is 1. The van der Waals surface area contributed by atoms with Crippen LogP contribution in [-0.4, -0.2) is 30.3 Å². The maximum Gasteiger partial charge on any atom is 0.240 e. The number of imidazole rings is 1. The summed E-state index contributed by atoms with van der Waals surface area (Å²) in [5.41, 5.74) is 4.50. The normalized spacial score (nSPS) is 10.7. The highest BCUT2D eigenvalue weighted by atomic mass is 16.2. The average Bonchev–Trinajstić information content (AvgIpc) is 3.07. The van der Waals surface area contributed by atoms with E-state index in [2.05, 4.69) is 20.5 Å². The van der Waals surface area contributed by atoms with E-state index in [0.29, 0.717) is 13.0 Å². The van der Waals surface area contributed by atoms with Gasteiger partial charge in [0.1, 0.15) is 19.0 Å². The van der Waals surface area contributed by atoms with E-state index in [1.807, 2.05) is 24.3 Å². The summed E-state index contributed by atoms with van der Waals surface area (Å²) in [6.45, 7) is 0.498. The van der Waals surface area contributed by atoms with Gasteiger partial charge in [-0.3, -0.25) is 14.9 Å². The van der Waals surface area contributed by atoms with Gasteiger partial charge in [0.2, 0.25) is 5.91 Å². The SMILES string of the molecule is O=C(CCn1cncn1)Nn1cnc2ccccc21. The van der Waals surface area contributed by atoms with Crippen LogP contribution >= 0.6 is 0 Å². The van der Waals surface area contributed by atoms with Crippen molar-refractivity contribution in [3.8, 4) is 0 Å². The van der Waals surface area contributed by atoms with Crippen LogP contribution in [0.25, 0.3) is 11.0 Å². The molecular weight excluding hydrogens is 244 g/mol. The molecule has 0 bridgehead atoms. The first-order valence-corrected chi connectivity index (χ1v) is 5.87. The molecule has 0 saturated heterocycles. The van der Waals surface area contributed by atoms with Crippen molar-refractivity contribution < 1.29 is 4.79 Å². The lowest BCUT2D eigenvalue weighted by molar-refractivity contribution is -0.117. The van der Waals surface area contributed by atoms with Crippen LogP contribution in [-0.2, 0) is 11.3 Å². The monoisotopic (exact) mass is 256 g/mol. The lowest BCUT2D eigenvalue weighted by Crippen LogP contribution is -2.23. The molecule has 0 fully saturated rings. The molecule has 1 N–H and O–H groups in total. The highest BCUT2D eigenvalue weighted by Gasteiger charge is 2.06. The molecule has 1 aromatic carbocycles. The van der Waals surface area contributed by atoms with Gasteiger partial charge in [-0.15, -0.1) is 0 Å². The van der Waals surface area contributed by atoms with Gasteiger partial charge in [-0.25, -0.2) is 14.6 Å². The van der Waals surface area contributed by atoms with Crippen LogP contribution in [0.3, 0.4) is 0 Å². The second-order valence-corrected chi connectivity index (χ2v) is 4.05. The number of hydrogen-bond acceptors (Lipinski definition) is 4. The lowest BCUT2D eigenvalue weighted by atomic mass is 10.3. The van der Waals surface area contributed by atoms with E-state index in [9.17, 15) is 4.79 Å². The van der Waals surface area contributed by atoms with Crippen LogP contribution in [0.1, 0.15) is 6.42 Å². The molecule has 7 heteroatoms. The molecule has 2 heterocycles. The van der Waals surface area contributed by atoms with E-state index in [-0.39, 0.29) is 5.91 Å². The van der Waals surface area contributed by atoms with Crippen LogP contribution in [0.15, 0.2) is 43.2 Å². The van der Waals surface area contributed by atoms with Crippen LogP contribution in [0, 0.1) is 0 Å². The number of carbonyl (C=O) groups excluding carboxylic acids is 1. The summed E-state index contributed by atoms with van der Waals surface area (Å²) in [4.78, 5) is 19.9. The fourth-order valence-corrected chi connectivity index (χ4v) is 1.80. The summed E-state index contributed by atoms with van der Waals surface area (Å²) in [5, 5.41) is 3.94. The fourth-order valence-electron chi connectivity index (χ4n) is 1.80. The molecule has 7 nitrogen and oxygen atoms in total. The van der Waals surface area contributed by atoms with Gasteiger partial charge in [-0.1, -0.05) is 12.1 Å². The maximum absolute atomic E-state index is 11.8. The molecule has 96 valence electrons. The molecule has 3 rings (SSSR count). The van der Waals surface area contributed by atoms with Crippen molar-refractivity contribution in [2.24, 2.45) is 0 Å². The third-order valence-electron chi connectivity index (χ3n) is 2.73. The zero-order chi connectivity index (χ0) is 13.1. The second-order valence-electron chi connectivity index (χ2n) is 4.05. The van der Waals surface area contributed by atoms with Crippen LogP contribution < -0.4 is 5.43 Å². The van der Waals surface area contributed by atoms with Gasteiger partial charge < -0.3 is 0 Å². The van der Waals surface area contributed by atoms with Gasteiger partial charge in [0, 0.05) is 6.42 Å². The number of nitrogens with one attached hydrogen (secondary N) is 1. The number of fused-ring (bicyclic) bond motifs is 1.